The zero-order valence-electron chi connectivity index (χ0n) is 14.5. The molecule has 0 aliphatic heterocycles. The summed E-state index contributed by atoms with van der Waals surface area (Å²) < 4.78 is 2.75. The SMILES string of the molecule is CCSc1nnc(NC(=O)Cn2c(-c3ccncc3)nc3ccccc32)s1. The van der Waals surface area contributed by atoms with Gasteiger partial charge in [0.25, 0.3) is 0 Å². The fraction of sp³-hybridized carbons (Fsp3) is 0.167. The summed E-state index contributed by atoms with van der Waals surface area (Å²) in [7, 11) is 0. The van der Waals surface area contributed by atoms with Gasteiger partial charge in [-0.15, -0.1) is 10.2 Å². The Bertz CT molecular complexity index is 1080. The highest BCUT2D eigenvalue weighted by molar-refractivity contribution is 8.01. The number of pyridine rings is 1. The Morgan fingerprint density at radius 2 is 2.00 bits per heavy atom. The van der Waals surface area contributed by atoms with Crippen LogP contribution in [0.3, 0.4) is 0 Å². The standard InChI is InChI=1S/C18H16N6OS2/c1-2-26-18-23-22-17(27-18)21-15(25)11-24-14-6-4-3-5-13(14)20-16(24)12-7-9-19-10-8-12/h3-10H,2,11H2,1H3,(H,21,22,25). The lowest BCUT2D eigenvalue weighted by Crippen LogP contribution is -2.19. The molecule has 4 rings (SSSR count). The van der Waals surface area contributed by atoms with Crippen LogP contribution in [0.5, 0.6) is 0 Å². The second-order valence-electron chi connectivity index (χ2n) is 5.60. The minimum absolute atomic E-state index is 0.133. The van der Waals surface area contributed by atoms with E-state index in [4.69, 9.17) is 4.98 Å². The van der Waals surface area contributed by atoms with E-state index in [1.165, 1.54) is 11.3 Å². The quantitative estimate of drug-likeness (QED) is 0.395. The minimum atomic E-state index is -0.169. The van der Waals surface area contributed by atoms with Crippen molar-refractivity contribution < 1.29 is 4.79 Å². The van der Waals surface area contributed by atoms with Gasteiger partial charge < -0.3 is 4.57 Å². The van der Waals surface area contributed by atoms with Gasteiger partial charge in [0.2, 0.25) is 11.0 Å². The number of hydrogen-bond donors (Lipinski definition) is 1. The molecule has 9 heteroatoms. The van der Waals surface area contributed by atoms with E-state index in [1.54, 1.807) is 24.2 Å². The van der Waals surface area contributed by atoms with Crippen molar-refractivity contribution in [2.45, 2.75) is 17.8 Å². The Balaban J connectivity index is 1.63. The van der Waals surface area contributed by atoms with E-state index < -0.39 is 0 Å². The summed E-state index contributed by atoms with van der Waals surface area (Å²) in [6.45, 7) is 2.18. The maximum Gasteiger partial charge on any atom is 0.246 e. The third-order valence-corrected chi connectivity index (χ3v) is 5.67. The van der Waals surface area contributed by atoms with Gasteiger partial charge in [-0.2, -0.15) is 0 Å². The molecule has 0 spiro atoms. The molecule has 0 unspecified atom stereocenters. The number of nitrogens with zero attached hydrogens (tertiary/aromatic N) is 5. The summed E-state index contributed by atoms with van der Waals surface area (Å²) in [5.41, 5.74) is 2.65. The molecule has 0 aliphatic rings. The first kappa shape index (κ1) is 17.6. The van der Waals surface area contributed by atoms with E-state index in [9.17, 15) is 4.79 Å². The Labute approximate surface area is 163 Å². The third-order valence-electron chi connectivity index (χ3n) is 3.82. The van der Waals surface area contributed by atoms with Crippen LogP contribution in [0.25, 0.3) is 22.4 Å². The summed E-state index contributed by atoms with van der Waals surface area (Å²) in [6.07, 6.45) is 3.43. The van der Waals surface area contributed by atoms with E-state index in [1.807, 2.05) is 41.0 Å². The summed E-state index contributed by atoms with van der Waals surface area (Å²) in [4.78, 5) is 21.4. The molecule has 0 aliphatic carbocycles. The van der Waals surface area contributed by atoms with Crippen LogP contribution in [0.15, 0.2) is 53.1 Å². The van der Waals surface area contributed by atoms with E-state index >= 15 is 0 Å². The van der Waals surface area contributed by atoms with Gasteiger partial charge in [0.15, 0.2) is 4.34 Å². The van der Waals surface area contributed by atoms with Crippen LogP contribution in [0.4, 0.5) is 5.13 Å². The zero-order valence-corrected chi connectivity index (χ0v) is 16.1. The fourth-order valence-corrected chi connectivity index (χ4v) is 4.37. The molecule has 0 atom stereocenters. The van der Waals surface area contributed by atoms with Crippen molar-refractivity contribution in [3.63, 3.8) is 0 Å². The molecule has 0 radical (unpaired) electrons. The molecule has 1 N–H and O–H groups in total. The lowest BCUT2D eigenvalue weighted by Gasteiger charge is -2.08. The highest BCUT2D eigenvalue weighted by Crippen LogP contribution is 2.26. The monoisotopic (exact) mass is 396 g/mol. The molecule has 3 heterocycles. The van der Waals surface area contributed by atoms with Crippen molar-refractivity contribution in [2.24, 2.45) is 0 Å². The van der Waals surface area contributed by atoms with Crippen molar-refractivity contribution in [1.82, 2.24) is 24.7 Å². The second kappa shape index (κ2) is 7.85. The first-order valence-corrected chi connectivity index (χ1v) is 10.2. The number of hydrogen-bond acceptors (Lipinski definition) is 7. The van der Waals surface area contributed by atoms with Crippen LogP contribution in [0, 0.1) is 0 Å². The largest absolute Gasteiger partial charge is 0.314 e. The van der Waals surface area contributed by atoms with Crippen molar-refractivity contribution in [3.8, 4) is 11.4 Å². The molecular weight excluding hydrogens is 380 g/mol. The maximum atomic E-state index is 12.6. The van der Waals surface area contributed by atoms with Crippen LogP contribution in [0.1, 0.15) is 6.92 Å². The van der Waals surface area contributed by atoms with E-state index in [-0.39, 0.29) is 12.5 Å². The van der Waals surface area contributed by atoms with Crippen LogP contribution >= 0.6 is 23.1 Å². The molecule has 4 aromatic rings. The average molecular weight is 397 g/mol. The van der Waals surface area contributed by atoms with Gasteiger partial charge in [-0.05, 0) is 30.0 Å². The number of imidazole rings is 1. The molecule has 1 aromatic carbocycles. The van der Waals surface area contributed by atoms with E-state index in [0.29, 0.717) is 5.13 Å². The number of anilines is 1. The smallest absolute Gasteiger partial charge is 0.246 e. The van der Waals surface area contributed by atoms with Crippen LogP contribution < -0.4 is 5.32 Å². The Morgan fingerprint density at radius 3 is 2.81 bits per heavy atom. The molecule has 27 heavy (non-hydrogen) atoms. The number of para-hydroxylation sites is 2. The Morgan fingerprint density at radius 1 is 1.19 bits per heavy atom. The molecule has 0 fully saturated rings. The molecule has 3 aromatic heterocycles. The zero-order chi connectivity index (χ0) is 18.6. The summed E-state index contributed by atoms with van der Waals surface area (Å²) in [5, 5.41) is 11.4. The van der Waals surface area contributed by atoms with Gasteiger partial charge in [0, 0.05) is 18.0 Å². The Kier molecular flexibility index (Phi) is 5.12. The fourth-order valence-electron chi connectivity index (χ4n) is 2.70. The second-order valence-corrected chi connectivity index (χ2v) is 8.09. The number of amides is 1. The minimum Gasteiger partial charge on any atom is -0.314 e. The van der Waals surface area contributed by atoms with Crippen LogP contribution in [-0.4, -0.2) is 36.4 Å². The molecule has 0 bridgehead atoms. The number of aromatic nitrogens is 5. The van der Waals surface area contributed by atoms with Gasteiger partial charge in [-0.25, -0.2) is 4.98 Å². The first-order valence-electron chi connectivity index (χ1n) is 8.36. The van der Waals surface area contributed by atoms with Crippen molar-refractivity contribution in [1.29, 1.82) is 0 Å². The predicted octanol–water partition coefficient (Wildman–Crippen LogP) is 3.70. The first-order chi connectivity index (χ1) is 13.2. The lowest BCUT2D eigenvalue weighted by molar-refractivity contribution is -0.116. The average Bonchev–Trinajstić information content (AvgIpc) is 3.27. The van der Waals surface area contributed by atoms with Crippen molar-refractivity contribution in [3.05, 3.63) is 48.8 Å². The lowest BCUT2D eigenvalue weighted by atomic mass is 10.2. The van der Waals surface area contributed by atoms with Crippen molar-refractivity contribution in [2.75, 3.05) is 11.1 Å². The normalized spacial score (nSPS) is 11.0. The number of rotatable bonds is 6. The molecule has 136 valence electrons. The summed E-state index contributed by atoms with van der Waals surface area (Å²) in [6, 6.07) is 11.5. The number of carbonyl (C=O) groups is 1. The van der Waals surface area contributed by atoms with Gasteiger partial charge >= 0.3 is 0 Å². The third kappa shape index (κ3) is 3.83. The molecular formula is C18H16N6OS2. The summed E-state index contributed by atoms with van der Waals surface area (Å²) >= 11 is 2.98. The maximum absolute atomic E-state index is 12.6. The molecule has 7 nitrogen and oxygen atoms in total. The van der Waals surface area contributed by atoms with Crippen LogP contribution in [0.2, 0.25) is 0 Å². The van der Waals surface area contributed by atoms with Crippen LogP contribution in [-0.2, 0) is 11.3 Å². The highest BCUT2D eigenvalue weighted by atomic mass is 32.2. The highest BCUT2D eigenvalue weighted by Gasteiger charge is 2.16. The molecule has 1 amide bonds. The Hall–Kier alpha value is -2.78. The van der Waals surface area contributed by atoms with Crippen molar-refractivity contribution >= 4 is 45.2 Å². The number of benzene rings is 1. The van der Waals surface area contributed by atoms with E-state index in [0.717, 1.165) is 32.5 Å². The van der Waals surface area contributed by atoms with Gasteiger partial charge in [-0.1, -0.05) is 42.2 Å². The number of fused-ring (bicyclic) bond motifs is 1. The van der Waals surface area contributed by atoms with E-state index in [2.05, 4.69) is 27.4 Å². The predicted molar refractivity (Wildman–Crippen MR) is 108 cm³/mol. The van der Waals surface area contributed by atoms with Gasteiger partial charge in [0.1, 0.15) is 12.4 Å². The topological polar surface area (TPSA) is 85.6 Å². The summed E-state index contributed by atoms with van der Waals surface area (Å²) in [5.74, 6) is 1.48. The molecule has 0 saturated carbocycles. The molecule has 0 saturated heterocycles. The van der Waals surface area contributed by atoms with Gasteiger partial charge in [-0.3, -0.25) is 15.1 Å². The number of carbonyl (C=O) groups excluding carboxylic acids is 1. The number of thioether (sulfide) groups is 1. The van der Waals surface area contributed by atoms with Gasteiger partial charge in [0.05, 0.1) is 11.0 Å². The number of nitrogens with one attached hydrogen (secondary N) is 1.